The maximum absolute atomic E-state index is 11.0. The predicted molar refractivity (Wildman–Crippen MR) is 50.5 cm³/mol. The van der Waals surface area contributed by atoms with Crippen LogP contribution in [0.1, 0.15) is 17.9 Å². The average Bonchev–Trinajstić information content (AvgIpc) is 2.26. The Kier molecular flexibility index (Phi) is 4.00. The van der Waals surface area contributed by atoms with Gasteiger partial charge in [0.25, 0.3) is 0 Å². The van der Waals surface area contributed by atoms with Crippen molar-refractivity contribution in [2.75, 3.05) is 13.7 Å². The van der Waals surface area contributed by atoms with E-state index in [2.05, 4.69) is 14.7 Å². The molecule has 76 valence electrons. The highest BCUT2D eigenvalue weighted by Gasteiger charge is 2.15. The van der Waals surface area contributed by atoms with Gasteiger partial charge in [0, 0.05) is 18.3 Å². The number of rotatable bonds is 4. The number of esters is 1. The highest BCUT2D eigenvalue weighted by Crippen LogP contribution is 2.16. The Morgan fingerprint density at radius 1 is 1.57 bits per heavy atom. The third kappa shape index (κ3) is 2.77. The molecule has 1 aromatic rings. The van der Waals surface area contributed by atoms with Gasteiger partial charge >= 0.3 is 5.97 Å². The van der Waals surface area contributed by atoms with E-state index in [0.717, 1.165) is 5.56 Å². The molecule has 0 saturated carbocycles. The monoisotopic (exact) mass is 195 g/mol. The Morgan fingerprint density at radius 2 is 2.21 bits per heavy atom. The van der Waals surface area contributed by atoms with E-state index in [-0.39, 0.29) is 18.3 Å². The molecule has 0 aromatic carbocycles. The zero-order valence-corrected chi connectivity index (χ0v) is 8.01. The SMILES string of the molecule is COC(=O)CC(CN)c1cncnc1. The number of carbonyl (C=O) groups is 1. The summed E-state index contributed by atoms with van der Waals surface area (Å²) in [6.45, 7) is 0.377. The van der Waals surface area contributed by atoms with Gasteiger partial charge in [0.15, 0.2) is 0 Å². The zero-order chi connectivity index (χ0) is 10.4. The first kappa shape index (κ1) is 10.6. The van der Waals surface area contributed by atoms with Crippen molar-refractivity contribution < 1.29 is 9.53 Å². The van der Waals surface area contributed by atoms with Gasteiger partial charge in [-0.25, -0.2) is 9.97 Å². The van der Waals surface area contributed by atoms with E-state index in [9.17, 15) is 4.79 Å². The van der Waals surface area contributed by atoms with Gasteiger partial charge in [-0.2, -0.15) is 0 Å². The Balaban J connectivity index is 2.68. The van der Waals surface area contributed by atoms with Crippen LogP contribution in [0, 0.1) is 0 Å². The average molecular weight is 195 g/mol. The maximum Gasteiger partial charge on any atom is 0.306 e. The second-order valence-electron chi connectivity index (χ2n) is 2.88. The van der Waals surface area contributed by atoms with Gasteiger partial charge in [-0.05, 0) is 12.1 Å². The summed E-state index contributed by atoms with van der Waals surface area (Å²) in [5.74, 6) is -0.340. The van der Waals surface area contributed by atoms with E-state index in [1.54, 1.807) is 12.4 Å². The highest BCUT2D eigenvalue weighted by molar-refractivity contribution is 5.70. The summed E-state index contributed by atoms with van der Waals surface area (Å²) in [5.41, 5.74) is 6.41. The first-order valence-corrected chi connectivity index (χ1v) is 4.29. The van der Waals surface area contributed by atoms with Gasteiger partial charge in [-0.15, -0.1) is 0 Å². The molecule has 1 rings (SSSR count). The van der Waals surface area contributed by atoms with E-state index < -0.39 is 0 Å². The van der Waals surface area contributed by atoms with E-state index >= 15 is 0 Å². The van der Waals surface area contributed by atoms with Crippen LogP contribution in [-0.4, -0.2) is 29.6 Å². The van der Waals surface area contributed by atoms with E-state index in [1.165, 1.54) is 13.4 Å². The Bertz CT molecular complexity index is 289. The van der Waals surface area contributed by atoms with Gasteiger partial charge in [0.2, 0.25) is 0 Å². The van der Waals surface area contributed by atoms with Crippen molar-refractivity contribution in [2.45, 2.75) is 12.3 Å². The van der Waals surface area contributed by atoms with Crippen molar-refractivity contribution in [1.29, 1.82) is 0 Å². The molecular formula is C9H13N3O2. The summed E-state index contributed by atoms with van der Waals surface area (Å²) in [7, 11) is 1.36. The van der Waals surface area contributed by atoms with Gasteiger partial charge in [-0.3, -0.25) is 4.79 Å². The molecule has 14 heavy (non-hydrogen) atoms. The quantitative estimate of drug-likeness (QED) is 0.688. The first-order valence-electron chi connectivity index (χ1n) is 4.29. The minimum atomic E-state index is -0.274. The normalized spacial score (nSPS) is 12.1. The van der Waals surface area contributed by atoms with Gasteiger partial charge < -0.3 is 10.5 Å². The number of aromatic nitrogens is 2. The van der Waals surface area contributed by atoms with Crippen LogP contribution in [-0.2, 0) is 9.53 Å². The summed E-state index contributed by atoms with van der Waals surface area (Å²) in [5, 5.41) is 0. The second-order valence-corrected chi connectivity index (χ2v) is 2.88. The van der Waals surface area contributed by atoms with E-state index in [0.29, 0.717) is 6.54 Å². The molecule has 0 aliphatic heterocycles. The standard InChI is InChI=1S/C9H13N3O2/c1-14-9(13)2-7(3-10)8-4-11-6-12-5-8/h4-7H,2-3,10H2,1H3. The Labute approximate surface area is 82.3 Å². The molecule has 5 heteroatoms. The molecule has 0 amide bonds. The van der Waals surface area contributed by atoms with E-state index in [1.807, 2.05) is 0 Å². The molecular weight excluding hydrogens is 182 g/mol. The molecule has 1 aromatic heterocycles. The van der Waals surface area contributed by atoms with Gasteiger partial charge in [-0.1, -0.05) is 0 Å². The third-order valence-electron chi connectivity index (χ3n) is 1.98. The molecule has 1 heterocycles. The largest absolute Gasteiger partial charge is 0.469 e. The topological polar surface area (TPSA) is 78.1 Å². The fourth-order valence-corrected chi connectivity index (χ4v) is 1.14. The predicted octanol–water partition coefficient (Wildman–Crippen LogP) is 0.0820. The maximum atomic E-state index is 11.0. The molecule has 2 N–H and O–H groups in total. The van der Waals surface area contributed by atoms with Gasteiger partial charge in [0.05, 0.1) is 13.5 Å². The van der Waals surface area contributed by atoms with Crippen LogP contribution < -0.4 is 5.73 Å². The summed E-state index contributed by atoms with van der Waals surface area (Å²) in [6, 6.07) is 0. The lowest BCUT2D eigenvalue weighted by Gasteiger charge is -2.12. The van der Waals surface area contributed by atoms with Crippen LogP contribution in [0.25, 0.3) is 0 Å². The minimum absolute atomic E-state index is 0.0661. The Morgan fingerprint density at radius 3 is 2.71 bits per heavy atom. The fraction of sp³-hybridized carbons (Fsp3) is 0.444. The molecule has 0 bridgehead atoms. The van der Waals surface area contributed by atoms with Crippen molar-refractivity contribution in [3.05, 3.63) is 24.3 Å². The summed E-state index contributed by atoms with van der Waals surface area (Å²) in [6.07, 6.45) is 5.02. The summed E-state index contributed by atoms with van der Waals surface area (Å²) in [4.78, 5) is 18.8. The Hall–Kier alpha value is -1.49. The van der Waals surface area contributed by atoms with Crippen LogP contribution in [0.3, 0.4) is 0 Å². The van der Waals surface area contributed by atoms with Crippen LogP contribution in [0.4, 0.5) is 0 Å². The molecule has 0 spiro atoms. The lowest BCUT2D eigenvalue weighted by Crippen LogP contribution is -2.17. The summed E-state index contributed by atoms with van der Waals surface area (Å²) < 4.78 is 4.57. The van der Waals surface area contributed by atoms with Crippen LogP contribution in [0.5, 0.6) is 0 Å². The number of hydrogen-bond acceptors (Lipinski definition) is 5. The molecule has 1 unspecified atom stereocenters. The zero-order valence-electron chi connectivity index (χ0n) is 8.01. The number of nitrogens with two attached hydrogens (primary N) is 1. The second kappa shape index (κ2) is 5.29. The number of carbonyl (C=O) groups excluding carboxylic acids is 1. The van der Waals surface area contributed by atoms with E-state index in [4.69, 9.17) is 5.73 Å². The molecule has 0 radical (unpaired) electrons. The lowest BCUT2D eigenvalue weighted by molar-refractivity contribution is -0.141. The van der Waals surface area contributed by atoms with Gasteiger partial charge in [0.1, 0.15) is 6.33 Å². The number of hydrogen-bond donors (Lipinski definition) is 1. The number of methoxy groups -OCH3 is 1. The molecule has 0 saturated heterocycles. The molecule has 0 aliphatic carbocycles. The number of nitrogens with zero attached hydrogens (tertiary/aromatic N) is 2. The van der Waals surface area contributed by atoms with Crippen molar-refractivity contribution in [2.24, 2.45) is 5.73 Å². The first-order chi connectivity index (χ1) is 6.77. The summed E-state index contributed by atoms with van der Waals surface area (Å²) >= 11 is 0. The van der Waals surface area contributed by atoms with Crippen LogP contribution >= 0.6 is 0 Å². The van der Waals surface area contributed by atoms with Crippen molar-refractivity contribution in [3.8, 4) is 0 Å². The minimum Gasteiger partial charge on any atom is -0.469 e. The fourth-order valence-electron chi connectivity index (χ4n) is 1.14. The molecule has 5 nitrogen and oxygen atoms in total. The molecule has 0 aliphatic rings. The van der Waals surface area contributed by atoms with Crippen molar-refractivity contribution >= 4 is 5.97 Å². The van der Waals surface area contributed by atoms with Crippen LogP contribution in [0.15, 0.2) is 18.7 Å². The molecule has 0 fully saturated rings. The van der Waals surface area contributed by atoms with Crippen molar-refractivity contribution in [1.82, 2.24) is 9.97 Å². The highest BCUT2D eigenvalue weighted by atomic mass is 16.5. The smallest absolute Gasteiger partial charge is 0.306 e. The molecule has 1 atom stereocenters. The van der Waals surface area contributed by atoms with Crippen molar-refractivity contribution in [3.63, 3.8) is 0 Å². The van der Waals surface area contributed by atoms with Crippen LogP contribution in [0.2, 0.25) is 0 Å². The number of ether oxygens (including phenoxy) is 1. The third-order valence-corrected chi connectivity index (χ3v) is 1.98. The lowest BCUT2D eigenvalue weighted by atomic mass is 9.99.